The van der Waals surface area contributed by atoms with Gasteiger partial charge in [0.05, 0.1) is 41.2 Å². The zero-order valence-corrected chi connectivity index (χ0v) is 40.5. The number of rotatable bonds is 12. The first-order chi connectivity index (χ1) is 34.9. The molecule has 6 aliphatic heterocycles. The molecule has 72 heavy (non-hydrogen) atoms. The summed E-state index contributed by atoms with van der Waals surface area (Å²) < 4.78 is 36.7. The predicted molar refractivity (Wildman–Crippen MR) is 263 cm³/mol. The normalized spacial score (nSPS) is 21.6. The summed E-state index contributed by atoms with van der Waals surface area (Å²) in [7, 11) is 0. The third kappa shape index (κ3) is 9.29. The molecule has 0 bridgehead atoms. The number of pyridine rings is 2. The Balaban J connectivity index is 0.687. The van der Waals surface area contributed by atoms with Gasteiger partial charge in [0.15, 0.2) is 0 Å². The van der Waals surface area contributed by atoms with Crippen LogP contribution in [0, 0.1) is 23.0 Å². The van der Waals surface area contributed by atoms with E-state index >= 15 is 0 Å². The van der Waals surface area contributed by atoms with Gasteiger partial charge in [0, 0.05) is 80.7 Å². The van der Waals surface area contributed by atoms with Crippen molar-refractivity contribution < 1.29 is 32.7 Å². The molecule has 4 amide bonds. The number of halogens is 2. The predicted octanol–water partition coefficient (Wildman–Crippen LogP) is 5.50. The van der Waals surface area contributed by atoms with Gasteiger partial charge >= 0.3 is 0 Å². The standard InChI is InChI=1S/C54H59F2N11O5/c1-2-72-42-25-43(50-38(26-57)28-59-67(50)32-42)36-5-9-48(58-27-36)64-21-15-54(16-22-64,61-51(69)45-24-39(55)6-7-46(45)56)33-62-17-13-40(14-18-62)65-30-41(31-65)63-19-11-34(12-20-63)35-3-4-37-29-66(53(71)44(37)23-35)47-8-10-49(68)60-52(47)70/h3-7,9,23-25,27-28,32,34,40-41,47H,2,8,10-22,29-31,33H2,1H3,(H,61,69)(H,60,68,70). The maximum atomic E-state index is 15.0. The van der Waals surface area contributed by atoms with Crippen LogP contribution in [0.3, 0.4) is 0 Å². The van der Waals surface area contributed by atoms with E-state index in [9.17, 15) is 33.2 Å². The van der Waals surface area contributed by atoms with Gasteiger partial charge in [0.1, 0.15) is 35.3 Å². The SMILES string of the molecule is CCOc1cc(-c2ccc(N3CCC(CN4CCC(N5CC(N6CCC(c7ccc8c(c7)C(=O)N(C7CCC(=O)NC7=O)C8)CC6)C5)CC4)(NC(=O)c4cc(F)ccc4F)CC3)nc2)c2c(C#N)cnn2c1. The van der Waals surface area contributed by atoms with Crippen molar-refractivity contribution in [2.24, 2.45) is 0 Å². The number of carbonyl (C=O) groups excluding carboxylic acids is 4. The lowest BCUT2D eigenvalue weighted by Gasteiger charge is -2.52. The van der Waals surface area contributed by atoms with Crippen LogP contribution in [0.15, 0.2) is 73.2 Å². The van der Waals surface area contributed by atoms with Crippen LogP contribution in [0.2, 0.25) is 0 Å². The van der Waals surface area contributed by atoms with Gasteiger partial charge in [-0.25, -0.2) is 18.3 Å². The summed E-state index contributed by atoms with van der Waals surface area (Å²) in [6.45, 7) is 10.4. The van der Waals surface area contributed by atoms with E-state index in [0.29, 0.717) is 92.4 Å². The Kier molecular flexibility index (Phi) is 13.0. The second kappa shape index (κ2) is 19.7. The molecule has 2 aromatic carbocycles. The molecule has 5 fully saturated rings. The Morgan fingerprint density at radius 2 is 1.68 bits per heavy atom. The van der Waals surface area contributed by atoms with E-state index in [-0.39, 0.29) is 23.8 Å². The van der Waals surface area contributed by atoms with Gasteiger partial charge in [-0.3, -0.25) is 34.3 Å². The molecule has 5 aromatic rings. The maximum absolute atomic E-state index is 15.0. The van der Waals surface area contributed by atoms with Crippen molar-refractivity contribution in [2.45, 2.75) is 94.4 Å². The van der Waals surface area contributed by atoms with Crippen LogP contribution in [0.25, 0.3) is 16.6 Å². The average Bonchev–Trinajstić information content (AvgIpc) is 3.95. The summed E-state index contributed by atoms with van der Waals surface area (Å²) in [6.07, 6.45) is 10.9. The number of nitriles is 1. The molecule has 18 heteroatoms. The molecule has 9 heterocycles. The van der Waals surface area contributed by atoms with Gasteiger partial charge in [-0.2, -0.15) is 10.4 Å². The number of carbonyl (C=O) groups is 4. The number of nitrogens with one attached hydrogen (secondary N) is 2. The number of imide groups is 1. The highest BCUT2D eigenvalue weighted by Gasteiger charge is 2.43. The van der Waals surface area contributed by atoms with Crippen molar-refractivity contribution >= 4 is 35.0 Å². The highest BCUT2D eigenvalue weighted by Crippen LogP contribution is 2.37. The number of ether oxygens (including phenoxy) is 1. The molecule has 11 rings (SSSR count). The minimum absolute atomic E-state index is 0.127. The molecule has 2 N–H and O–H groups in total. The fraction of sp³-hybridized carbons (Fsp3) is 0.463. The summed E-state index contributed by atoms with van der Waals surface area (Å²) in [5.41, 5.74) is 4.53. The second-order valence-electron chi connectivity index (χ2n) is 20.5. The molecule has 1 unspecified atom stereocenters. The Bertz CT molecular complexity index is 2950. The summed E-state index contributed by atoms with van der Waals surface area (Å²) in [4.78, 5) is 67.8. The molecule has 3 aromatic heterocycles. The molecule has 5 saturated heterocycles. The Morgan fingerprint density at radius 3 is 2.40 bits per heavy atom. The largest absolute Gasteiger partial charge is 0.492 e. The number of fused-ring (bicyclic) bond motifs is 2. The van der Waals surface area contributed by atoms with Crippen LogP contribution >= 0.6 is 0 Å². The Morgan fingerprint density at radius 1 is 0.889 bits per heavy atom. The fourth-order valence-electron chi connectivity index (χ4n) is 12.2. The van der Waals surface area contributed by atoms with E-state index in [4.69, 9.17) is 9.72 Å². The van der Waals surface area contributed by atoms with E-state index in [1.54, 1.807) is 28.0 Å². The Hall–Kier alpha value is -6.81. The monoisotopic (exact) mass is 979 g/mol. The van der Waals surface area contributed by atoms with Crippen LogP contribution in [0.1, 0.15) is 102 Å². The van der Waals surface area contributed by atoms with Crippen LogP contribution in [-0.2, 0) is 16.1 Å². The van der Waals surface area contributed by atoms with Crippen LogP contribution in [0.4, 0.5) is 14.6 Å². The Labute approximate surface area is 416 Å². The van der Waals surface area contributed by atoms with E-state index in [0.717, 1.165) is 106 Å². The number of anilines is 1. The highest BCUT2D eigenvalue weighted by molar-refractivity contribution is 6.05. The first-order valence-electron chi connectivity index (χ1n) is 25.5. The second-order valence-corrected chi connectivity index (χ2v) is 20.5. The van der Waals surface area contributed by atoms with E-state index in [2.05, 4.69) is 47.5 Å². The zero-order valence-electron chi connectivity index (χ0n) is 40.5. The number of aromatic nitrogens is 3. The summed E-state index contributed by atoms with van der Waals surface area (Å²) in [5, 5.41) is 19.8. The minimum atomic E-state index is -0.760. The first kappa shape index (κ1) is 47.5. The molecule has 0 aliphatic carbocycles. The molecular weight excluding hydrogens is 921 g/mol. The molecule has 0 saturated carbocycles. The van der Waals surface area contributed by atoms with Gasteiger partial charge in [-0.15, -0.1) is 0 Å². The van der Waals surface area contributed by atoms with Crippen molar-refractivity contribution in [3.8, 4) is 22.9 Å². The molecule has 6 aliphatic rings. The van der Waals surface area contributed by atoms with Crippen LogP contribution < -0.4 is 20.3 Å². The van der Waals surface area contributed by atoms with E-state index in [1.807, 2.05) is 37.3 Å². The van der Waals surface area contributed by atoms with Gasteiger partial charge < -0.3 is 24.8 Å². The number of benzene rings is 2. The van der Waals surface area contributed by atoms with E-state index in [1.165, 1.54) is 5.56 Å². The van der Waals surface area contributed by atoms with Crippen molar-refractivity contribution in [3.05, 3.63) is 113 Å². The number of hydrogen-bond donors (Lipinski definition) is 2. The smallest absolute Gasteiger partial charge is 0.255 e. The summed E-state index contributed by atoms with van der Waals surface area (Å²) >= 11 is 0. The fourth-order valence-corrected chi connectivity index (χ4v) is 12.2. The van der Waals surface area contributed by atoms with Crippen LogP contribution in [0.5, 0.6) is 5.75 Å². The topological polar surface area (TPSA) is 172 Å². The first-order valence-corrected chi connectivity index (χ1v) is 25.5. The molecule has 16 nitrogen and oxygen atoms in total. The van der Waals surface area contributed by atoms with Crippen molar-refractivity contribution in [1.29, 1.82) is 5.26 Å². The van der Waals surface area contributed by atoms with Crippen LogP contribution in [-0.4, -0.2) is 147 Å². The summed E-state index contributed by atoms with van der Waals surface area (Å²) in [6, 6.07) is 17.7. The molecule has 1 atom stereocenters. The average molecular weight is 980 g/mol. The van der Waals surface area contributed by atoms with Gasteiger partial charge in [-0.05, 0) is 138 Å². The van der Waals surface area contributed by atoms with Gasteiger partial charge in [0.25, 0.3) is 11.8 Å². The van der Waals surface area contributed by atoms with E-state index < -0.39 is 35.0 Å². The number of likely N-dealkylation sites (tertiary alicyclic amines) is 3. The lowest BCUT2D eigenvalue weighted by molar-refractivity contribution is -0.136. The lowest BCUT2D eigenvalue weighted by atomic mass is 9.85. The number of amides is 4. The van der Waals surface area contributed by atoms with Crippen molar-refractivity contribution in [2.75, 3.05) is 70.4 Å². The number of piperidine rings is 4. The van der Waals surface area contributed by atoms with Gasteiger partial charge in [-0.1, -0.05) is 12.1 Å². The summed E-state index contributed by atoms with van der Waals surface area (Å²) in [5.74, 6) is -1.08. The highest BCUT2D eigenvalue weighted by atomic mass is 19.1. The maximum Gasteiger partial charge on any atom is 0.255 e. The molecular formula is C54H59F2N11O5. The zero-order chi connectivity index (χ0) is 49.7. The van der Waals surface area contributed by atoms with Crippen molar-refractivity contribution in [1.82, 2.24) is 44.8 Å². The number of nitrogens with zero attached hydrogens (tertiary/aromatic N) is 9. The van der Waals surface area contributed by atoms with Crippen molar-refractivity contribution in [3.63, 3.8) is 0 Å². The molecule has 374 valence electrons. The minimum Gasteiger partial charge on any atom is -0.492 e. The quantitative estimate of drug-likeness (QED) is 0.151. The third-order valence-corrected chi connectivity index (χ3v) is 16.2. The number of hydrogen-bond acceptors (Lipinski definition) is 12. The van der Waals surface area contributed by atoms with Gasteiger partial charge in [0.2, 0.25) is 11.8 Å². The third-order valence-electron chi connectivity index (χ3n) is 16.2. The lowest BCUT2D eigenvalue weighted by Crippen LogP contribution is -2.65. The molecule has 0 radical (unpaired) electrons. The molecule has 0 spiro atoms.